The van der Waals surface area contributed by atoms with Crippen LogP contribution in [0.4, 0.5) is 11.4 Å². The number of carbonyl (C=O) groups is 1. The third-order valence-corrected chi connectivity index (χ3v) is 2.15. The predicted octanol–water partition coefficient (Wildman–Crippen LogP) is 2.23. The van der Waals surface area contributed by atoms with E-state index in [9.17, 15) is 4.79 Å². The second-order valence-electron chi connectivity index (χ2n) is 3.29. The number of benzene rings is 1. The lowest BCUT2D eigenvalue weighted by Crippen LogP contribution is -2.20. The first-order chi connectivity index (χ1) is 7.54. The molecule has 1 unspecified atom stereocenters. The van der Waals surface area contributed by atoms with Crippen LogP contribution in [0.3, 0.4) is 0 Å². The zero-order valence-corrected chi connectivity index (χ0v) is 10.0. The Morgan fingerprint density at radius 3 is 2.81 bits per heavy atom. The first kappa shape index (κ1) is 12.6. The van der Waals surface area contributed by atoms with E-state index < -0.39 is 5.38 Å². The minimum absolute atomic E-state index is 0.280. The molecule has 1 atom stereocenters. The summed E-state index contributed by atoms with van der Waals surface area (Å²) in [6.45, 7) is 4.06. The average Bonchev–Trinajstić information content (AvgIpc) is 2.22. The normalized spacial score (nSPS) is 11.9. The molecule has 0 radical (unpaired) electrons. The van der Waals surface area contributed by atoms with Crippen LogP contribution in [-0.4, -0.2) is 17.9 Å². The number of halogens is 1. The van der Waals surface area contributed by atoms with E-state index in [0.717, 1.165) is 0 Å². The van der Waals surface area contributed by atoms with E-state index in [1.54, 1.807) is 25.1 Å². The van der Waals surface area contributed by atoms with Crippen molar-refractivity contribution in [3.05, 3.63) is 18.2 Å². The fourth-order valence-corrected chi connectivity index (χ4v) is 1.20. The van der Waals surface area contributed by atoms with Gasteiger partial charge in [-0.25, -0.2) is 0 Å². The third-order valence-electron chi connectivity index (χ3n) is 1.95. The van der Waals surface area contributed by atoms with Crippen molar-refractivity contribution in [2.45, 2.75) is 19.2 Å². The minimum Gasteiger partial charge on any atom is -0.494 e. The van der Waals surface area contributed by atoms with E-state index in [4.69, 9.17) is 22.1 Å². The number of hydrogen-bond donors (Lipinski definition) is 2. The van der Waals surface area contributed by atoms with Crippen LogP contribution in [0.15, 0.2) is 18.2 Å². The summed E-state index contributed by atoms with van der Waals surface area (Å²) in [5.74, 6) is 0.398. The van der Waals surface area contributed by atoms with E-state index in [2.05, 4.69) is 5.32 Å². The molecule has 88 valence electrons. The molecule has 1 aromatic carbocycles. The summed E-state index contributed by atoms with van der Waals surface area (Å²) in [5, 5.41) is 2.04. The van der Waals surface area contributed by atoms with Gasteiger partial charge in [0, 0.05) is 6.07 Å². The van der Waals surface area contributed by atoms with Gasteiger partial charge in [-0.05, 0) is 26.0 Å². The molecule has 0 heterocycles. The monoisotopic (exact) mass is 242 g/mol. The van der Waals surface area contributed by atoms with Gasteiger partial charge in [0.15, 0.2) is 0 Å². The van der Waals surface area contributed by atoms with Crippen LogP contribution in [-0.2, 0) is 4.79 Å². The highest BCUT2D eigenvalue weighted by Gasteiger charge is 2.11. The number of ether oxygens (including phenoxy) is 1. The van der Waals surface area contributed by atoms with Crippen molar-refractivity contribution < 1.29 is 9.53 Å². The van der Waals surface area contributed by atoms with Gasteiger partial charge in [-0.2, -0.15) is 0 Å². The molecule has 3 N–H and O–H groups in total. The second-order valence-corrected chi connectivity index (χ2v) is 3.94. The highest BCUT2D eigenvalue weighted by atomic mass is 35.5. The lowest BCUT2D eigenvalue weighted by Gasteiger charge is -2.11. The molecular formula is C11H15ClN2O2. The Morgan fingerprint density at radius 1 is 1.62 bits per heavy atom. The molecule has 0 spiro atoms. The Hall–Kier alpha value is -1.42. The Bertz CT molecular complexity index is 380. The molecule has 1 rings (SSSR count). The van der Waals surface area contributed by atoms with Gasteiger partial charge in [-0.3, -0.25) is 4.79 Å². The van der Waals surface area contributed by atoms with Crippen molar-refractivity contribution in [1.82, 2.24) is 0 Å². The fourth-order valence-electron chi connectivity index (χ4n) is 1.14. The van der Waals surface area contributed by atoms with Crippen molar-refractivity contribution in [2.75, 3.05) is 17.7 Å². The lowest BCUT2D eigenvalue weighted by atomic mass is 10.2. The number of carbonyl (C=O) groups excluding carboxylic acids is 1. The zero-order valence-electron chi connectivity index (χ0n) is 9.29. The van der Waals surface area contributed by atoms with Gasteiger partial charge in [0.25, 0.3) is 0 Å². The molecule has 16 heavy (non-hydrogen) atoms. The van der Waals surface area contributed by atoms with Crippen LogP contribution in [0.2, 0.25) is 0 Å². The average molecular weight is 243 g/mol. The summed E-state index contributed by atoms with van der Waals surface area (Å²) in [7, 11) is 0. The SMILES string of the molecule is CCOc1ccc(NC(=O)C(C)Cl)c(N)c1. The summed E-state index contributed by atoms with van der Waals surface area (Å²) >= 11 is 5.63. The van der Waals surface area contributed by atoms with Gasteiger partial charge in [-0.1, -0.05) is 0 Å². The minimum atomic E-state index is -0.592. The fraction of sp³-hybridized carbons (Fsp3) is 0.364. The van der Waals surface area contributed by atoms with Gasteiger partial charge in [0.2, 0.25) is 5.91 Å². The molecule has 0 aliphatic carbocycles. The third kappa shape index (κ3) is 3.31. The summed E-state index contributed by atoms with van der Waals surface area (Å²) in [4.78, 5) is 11.3. The van der Waals surface area contributed by atoms with Crippen molar-refractivity contribution in [3.63, 3.8) is 0 Å². The molecule has 0 saturated heterocycles. The number of nitrogen functional groups attached to an aromatic ring is 1. The van der Waals surface area contributed by atoms with Crippen LogP contribution in [0.5, 0.6) is 5.75 Å². The summed E-state index contributed by atoms with van der Waals surface area (Å²) in [6, 6.07) is 5.10. The predicted molar refractivity (Wildman–Crippen MR) is 66.0 cm³/mol. The van der Waals surface area contributed by atoms with E-state index in [0.29, 0.717) is 23.7 Å². The molecular weight excluding hydrogens is 228 g/mol. The van der Waals surface area contributed by atoms with E-state index >= 15 is 0 Å². The molecule has 0 aliphatic heterocycles. The van der Waals surface area contributed by atoms with Crippen molar-refractivity contribution in [2.24, 2.45) is 0 Å². The Kier molecular flexibility index (Phi) is 4.43. The van der Waals surface area contributed by atoms with Gasteiger partial charge >= 0.3 is 0 Å². The van der Waals surface area contributed by atoms with Gasteiger partial charge < -0.3 is 15.8 Å². The van der Waals surface area contributed by atoms with E-state index in [1.807, 2.05) is 6.92 Å². The van der Waals surface area contributed by atoms with Crippen LogP contribution in [0.25, 0.3) is 0 Å². The number of alkyl halides is 1. The molecule has 0 aliphatic rings. The quantitative estimate of drug-likeness (QED) is 0.629. The first-order valence-electron chi connectivity index (χ1n) is 5.01. The molecule has 4 nitrogen and oxygen atoms in total. The molecule has 1 amide bonds. The maximum Gasteiger partial charge on any atom is 0.242 e. The second kappa shape index (κ2) is 5.61. The van der Waals surface area contributed by atoms with Gasteiger partial charge in [0.05, 0.1) is 18.0 Å². The lowest BCUT2D eigenvalue weighted by molar-refractivity contribution is -0.115. The maximum atomic E-state index is 11.3. The molecule has 1 aromatic rings. The maximum absolute atomic E-state index is 11.3. The number of nitrogens with one attached hydrogen (secondary N) is 1. The van der Waals surface area contributed by atoms with Crippen LogP contribution in [0.1, 0.15) is 13.8 Å². The molecule has 0 saturated carbocycles. The Labute approximate surface area is 99.7 Å². The van der Waals surface area contributed by atoms with Gasteiger partial charge in [-0.15, -0.1) is 11.6 Å². The smallest absolute Gasteiger partial charge is 0.242 e. The van der Waals surface area contributed by atoms with Crippen molar-refractivity contribution in [3.8, 4) is 5.75 Å². The summed E-state index contributed by atoms with van der Waals surface area (Å²) in [6.07, 6.45) is 0. The highest BCUT2D eigenvalue weighted by Crippen LogP contribution is 2.24. The van der Waals surface area contributed by atoms with Crippen LogP contribution in [0, 0.1) is 0 Å². The van der Waals surface area contributed by atoms with Crippen LogP contribution < -0.4 is 15.8 Å². The highest BCUT2D eigenvalue weighted by molar-refractivity contribution is 6.32. The number of hydrogen-bond acceptors (Lipinski definition) is 3. The molecule has 0 bridgehead atoms. The summed E-state index contributed by atoms with van der Waals surface area (Å²) < 4.78 is 5.28. The van der Waals surface area contributed by atoms with Crippen molar-refractivity contribution in [1.29, 1.82) is 0 Å². The van der Waals surface area contributed by atoms with Crippen molar-refractivity contribution >= 4 is 28.9 Å². The summed E-state index contributed by atoms with van der Waals surface area (Å²) in [5.41, 5.74) is 6.76. The van der Waals surface area contributed by atoms with Gasteiger partial charge in [0.1, 0.15) is 11.1 Å². The van der Waals surface area contributed by atoms with Crippen LogP contribution >= 0.6 is 11.6 Å². The first-order valence-corrected chi connectivity index (χ1v) is 5.45. The Morgan fingerprint density at radius 2 is 2.31 bits per heavy atom. The number of amides is 1. The largest absolute Gasteiger partial charge is 0.494 e. The Balaban J connectivity index is 2.79. The molecule has 0 fully saturated rings. The number of rotatable bonds is 4. The molecule has 0 aromatic heterocycles. The van der Waals surface area contributed by atoms with E-state index in [-0.39, 0.29) is 5.91 Å². The molecule has 5 heteroatoms. The van der Waals surface area contributed by atoms with E-state index in [1.165, 1.54) is 0 Å². The zero-order chi connectivity index (χ0) is 12.1. The standard InChI is InChI=1S/C11H15ClN2O2/c1-3-16-8-4-5-10(9(13)6-8)14-11(15)7(2)12/h4-7H,3,13H2,1-2H3,(H,14,15). The topological polar surface area (TPSA) is 64.3 Å². The number of anilines is 2. The number of nitrogens with two attached hydrogens (primary N) is 1.